The SMILES string of the molecule is Cc1ccc(N(C)C(=O)N[C@H](C(=O)O)C(C)C)cc1. The van der Waals surface area contributed by atoms with E-state index in [1.54, 1.807) is 20.9 Å². The lowest BCUT2D eigenvalue weighted by Gasteiger charge is -2.23. The van der Waals surface area contributed by atoms with Crippen LogP contribution in [-0.2, 0) is 4.79 Å². The Morgan fingerprint density at radius 3 is 2.16 bits per heavy atom. The predicted molar refractivity (Wildman–Crippen MR) is 74.4 cm³/mol. The number of hydrogen-bond acceptors (Lipinski definition) is 2. The van der Waals surface area contributed by atoms with Gasteiger partial charge in [0.25, 0.3) is 0 Å². The van der Waals surface area contributed by atoms with Gasteiger partial charge in [0.15, 0.2) is 0 Å². The van der Waals surface area contributed by atoms with Crippen molar-refractivity contribution in [1.82, 2.24) is 5.32 Å². The molecule has 104 valence electrons. The fraction of sp³-hybridized carbons (Fsp3) is 0.429. The lowest BCUT2D eigenvalue weighted by Crippen LogP contribution is -2.49. The Kier molecular flexibility index (Phi) is 4.92. The maximum Gasteiger partial charge on any atom is 0.326 e. The zero-order valence-corrected chi connectivity index (χ0v) is 11.7. The van der Waals surface area contributed by atoms with E-state index in [9.17, 15) is 9.59 Å². The monoisotopic (exact) mass is 264 g/mol. The number of anilines is 1. The molecule has 0 saturated carbocycles. The van der Waals surface area contributed by atoms with E-state index in [1.165, 1.54) is 4.90 Å². The minimum Gasteiger partial charge on any atom is -0.480 e. The van der Waals surface area contributed by atoms with Crippen molar-refractivity contribution in [3.8, 4) is 0 Å². The lowest BCUT2D eigenvalue weighted by atomic mass is 10.1. The van der Waals surface area contributed by atoms with E-state index in [2.05, 4.69) is 5.32 Å². The number of carboxylic acid groups (broad SMARTS) is 1. The molecular weight excluding hydrogens is 244 g/mol. The fourth-order valence-electron chi connectivity index (χ4n) is 1.63. The Balaban J connectivity index is 2.77. The van der Waals surface area contributed by atoms with Gasteiger partial charge in [-0.2, -0.15) is 0 Å². The summed E-state index contributed by atoms with van der Waals surface area (Å²) in [6.45, 7) is 5.47. The van der Waals surface area contributed by atoms with Crippen molar-refractivity contribution in [1.29, 1.82) is 0 Å². The number of carbonyl (C=O) groups excluding carboxylic acids is 1. The summed E-state index contributed by atoms with van der Waals surface area (Å²) in [5.74, 6) is -1.20. The number of nitrogens with zero attached hydrogens (tertiary/aromatic N) is 1. The average molecular weight is 264 g/mol. The quantitative estimate of drug-likeness (QED) is 0.876. The van der Waals surface area contributed by atoms with Gasteiger partial charge in [-0.3, -0.25) is 4.90 Å². The van der Waals surface area contributed by atoms with E-state index in [4.69, 9.17) is 5.11 Å². The van der Waals surface area contributed by atoms with Gasteiger partial charge in [0.1, 0.15) is 6.04 Å². The molecule has 0 fully saturated rings. The van der Waals surface area contributed by atoms with Crippen LogP contribution >= 0.6 is 0 Å². The number of benzene rings is 1. The van der Waals surface area contributed by atoms with Crippen molar-refractivity contribution in [2.24, 2.45) is 5.92 Å². The third-order valence-corrected chi connectivity index (χ3v) is 2.94. The van der Waals surface area contributed by atoms with Crippen LogP contribution in [0.5, 0.6) is 0 Å². The molecule has 2 N–H and O–H groups in total. The number of aliphatic carboxylic acids is 1. The van der Waals surface area contributed by atoms with Crippen molar-refractivity contribution in [2.75, 3.05) is 11.9 Å². The molecule has 0 saturated heterocycles. The first-order valence-electron chi connectivity index (χ1n) is 6.16. The molecule has 1 rings (SSSR count). The minimum absolute atomic E-state index is 0.173. The Bertz CT molecular complexity index is 454. The Morgan fingerprint density at radius 2 is 1.74 bits per heavy atom. The first-order chi connectivity index (χ1) is 8.82. The highest BCUT2D eigenvalue weighted by Crippen LogP contribution is 2.14. The summed E-state index contributed by atoms with van der Waals surface area (Å²) < 4.78 is 0. The molecule has 19 heavy (non-hydrogen) atoms. The van der Waals surface area contributed by atoms with Crippen molar-refractivity contribution < 1.29 is 14.7 Å². The zero-order valence-electron chi connectivity index (χ0n) is 11.7. The van der Waals surface area contributed by atoms with Gasteiger partial charge in [0.2, 0.25) is 0 Å². The number of rotatable bonds is 4. The molecule has 0 aromatic heterocycles. The molecular formula is C14H20N2O3. The lowest BCUT2D eigenvalue weighted by molar-refractivity contribution is -0.140. The third kappa shape index (κ3) is 3.98. The van der Waals surface area contributed by atoms with Gasteiger partial charge in [0, 0.05) is 12.7 Å². The zero-order chi connectivity index (χ0) is 14.6. The Hall–Kier alpha value is -2.04. The fourth-order valence-corrected chi connectivity index (χ4v) is 1.63. The number of amides is 2. The van der Waals surface area contributed by atoms with E-state index >= 15 is 0 Å². The van der Waals surface area contributed by atoms with Gasteiger partial charge in [-0.15, -0.1) is 0 Å². The number of urea groups is 1. The highest BCUT2D eigenvalue weighted by Gasteiger charge is 2.25. The predicted octanol–water partition coefficient (Wildman–Crippen LogP) is 2.25. The maximum atomic E-state index is 12.0. The Labute approximate surface area is 113 Å². The topological polar surface area (TPSA) is 69.6 Å². The number of carboxylic acids is 1. The van der Waals surface area contributed by atoms with Gasteiger partial charge >= 0.3 is 12.0 Å². The largest absolute Gasteiger partial charge is 0.480 e. The molecule has 1 aromatic carbocycles. The summed E-state index contributed by atoms with van der Waals surface area (Å²) in [5.41, 5.74) is 1.82. The molecule has 0 aliphatic heterocycles. The third-order valence-electron chi connectivity index (χ3n) is 2.94. The second kappa shape index (κ2) is 6.22. The van der Waals surface area contributed by atoms with Gasteiger partial charge in [-0.05, 0) is 25.0 Å². The normalized spacial score (nSPS) is 12.1. The summed E-state index contributed by atoms with van der Waals surface area (Å²) in [5, 5.41) is 11.6. The van der Waals surface area contributed by atoms with Crippen molar-refractivity contribution in [3.63, 3.8) is 0 Å². The summed E-state index contributed by atoms with van der Waals surface area (Å²) >= 11 is 0. The van der Waals surface area contributed by atoms with Crippen molar-refractivity contribution in [3.05, 3.63) is 29.8 Å². The van der Waals surface area contributed by atoms with E-state index in [-0.39, 0.29) is 5.92 Å². The summed E-state index contributed by atoms with van der Waals surface area (Å²) in [4.78, 5) is 24.4. The Morgan fingerprint density at radius 1 is 1.21 bits per heavy atom. The number of aryl methyl sites for hydroxylation is 1. The van der Waals surface area contributed by atoms with Gasteiger partial charge in [-0.1, -0.05) is 31.5 Å². The molecule has 5 heteroatoms. The van der Waals surface area contributed by atoms with E-state index in [0.29, 0.717) is 0 Å². The summed E-state index contributed by atoms with van der Waals surface area (Å²) in [7, 11) is 1.61. The molecule has 0 spiro atoms. The van der Waals surface area contributed by atoms with Crippen LogP contribution in [0.2, 0.25) is 0 Å². The molecule has 0 aliphatic carbocycles. The average Bonchev–Trinajstić information content (AvgIpc) is 2.34. The molecule has 0 heterocycles. The maximum absolute atomic E-state index is 12.0. The van der Waals surface area contributed by atoms with Crippen LogP contribution in [0.4, 0.5) is 10.5 Å². The first-order valence-corrected chi connectivity index (χ1v) is 6.16. The molecule has 0 unspecified atom stereocenters. The number of hydrogen-bond donors (Lipinski definition) is 2. The van der Waals surface area contributed by atoms with E-state index < -0.39 is 18.0 Å². The highest BCUT2D eigenvalue weighted by atomic mass is 16.4. The molecule has 0 radical (unpaired) electrons. The van der Waals surface area contributed by atoms with E-state index in [1.807, 2.05) is 31.2 Å². The first kappa shape index (κ1) is 15.0. The van der Waals surface area contributed by atoms with Gasteiger partial charge < -0.3 is 10.4 Å². The minimum atomic E-state index is -1.03. The van der Waals surface area contributed by atoms with Crippen LogP contribution in [0.3, 0.4) is 0 Å². The number of nitrogens with one attached hydrogen (secondary N) is 1. The standard InChI is InChI=1S/C14H20N2O3/c1-9(2)12(13(17)18)15-14(19)16(4)11-7-5-10(3)6-8-11/h5-9,12H,1-4H3,(H,15,19)(H,17,18)/t12-/m0/s1. The van der Waals surface area contributed by atoms with Crippen LogP contribution < -0.4 is 10.2 Å². The second-order valence-electron chi connectivity index (χ2n) is 4.90. The van der Waals surface area contributed by atoms with Gasteiger partial charge in [-0.25, -0.2) is 9.59 Å². The summed E-state index contributed by atoms with van der Waals surface area (Å²) in [6, 6.07) is 6.12. The van der Waals surface area contributed by atoms with Crippen LogP contribution in [0.25, 0.3) is 0 Å². The van der Waals surface area contributed by atoms with Crippen molar-refractivity contribution in [2.45, 2.75) is 26.8 Å². The van der Waals surface area contributed by atoms with Crippen LogP contribution in [0, 0.1) is 12.8 Å². The highest BCUT2D eigenvalue weighted by molar-refractivity contribution is 5.94. The summed E-state index contributed by atoms with van der Waals surface area (Å²) in [6.07, 6.45) is 0. The molecule has 2 amide bonds. The van der Waals surface area contributed by atoms with Crippen LogP contribution in [-0.4, -0.2) is 30.2 Å². The van der Waals surface area contributed by atoms with Crippen molar-refractivity contribution >= 4 is 17.7 Å². The molecule has 1 aromatic rings. The molecule has 0 aliphatic rings. The van der Waals surface area contributed by atoms with E-state index in [0.717, 1.165) is 11.3 Å². The van der Waals surface area contributed by atoms with Crippen LogP contribution in [0.1, 0.15) is 19.4 Å². The number of carbonyl (C=O) groups is 2. The second-order valence-corrected chi connectivity index (χ2v) is 4.90. The van der Waals surface area contributed by atoms with Gasteiger partial charge in [0.05, 0.1) is 0 Å². The smallest absolute Gasteiger partial charge is 0.326 e. The molecule has 1 atom stereocenters. The molecule has 5 nitrogen and oxygen atoms in total. The van der Waals surface area contributed by atoms with Crippen LogP contribution in [0.15, 0.2) is 24.3 Å². The molecule has 0 bridgehead atoms.